The van der Waals surface area contributed by atoms with Crippen LogP contribution in [-0.2, 0) is 0 Å². The van der Waals surface area contributed by atoms with E-state index in [1.165, 1.54) is 0 Å². The van der Waals surface area contributed by atoms with Gasteiger partial charge in [-0.1, -0.05) is 19.4 Å². The van der Waals surface area contributed by atoms with Gasteiger partial charge in [0.25, 0.3) is 0 Å². The first kappa shape index (κ1) is 19.6. The summed E-state index contributed by atoms with van der Waals surface area (Å²) in [6, 6.07) is 4.53. The van der Waals surface area contributed by atoms with E-state index in [1.54, 1.807) is 0 Å². The van der Waals surface area contributed by atoms with Crippen LogP contribution in [0.1, 0.15) is 16.8 Å². The number of hydrogen-bond donors (Lipinski definition) is 2. The van der Waals surface area contributed by atoms with Crippen molar-refractivity contribution in [2.45, 2.75) is 11.3 Å². The second-order valence-corrected chi connectivity index (χ2v) is 7.72. The summed E-state index contributed by atoms with van der Waals surface area (Å²) in [6.45, 7) is 0. The van der Waals surface area contributed by atoms with Gasteiger partial charge in [0.15, 0.2) is 5.78 Å². The number of hydrogen-bond acceptors (Lipinski definition) is 3. The van der Waals surface area contributed by atoms with Crippen LogP contribution in [0.15, 0.2) is 47.4 Å². The number of ketones is 1. The molecule has 11 heteroatoms. The second kappa shape index (κ2) is 5.66. The number of amidine groups is 1. The molecule has 0 saturated heterocycles. The van der Waals surface area contributed by atoms with E-state index in [-0.39, 0.29) is 17.9 Å². The first-order valence-corrected chi connectivity index (χ1v) is 8.78. The molecule has 0 unspecified atom stereocenters. The van der Waals surface area contributed by atoms with Crippen LogP contribution in [0.3, 0.4) is 0 Å². The van der Waals surface area contributed by atoms with Gasteiger partial charge in [0, 0.05) is 6.07 Å². The van der Waals surface area contributed by atoms with Crippen molar-refractivity contribution in [3.63, 3.8) is 0 Å². The minimum atomic E-state index is -10.0. The highest BCUT2D eigenvalue weighted by atomic mass is 32.5. The second-order valence-electron chi connectivity index (χ2n) is 5.31. The van der Waals surface area contributed by atoms with Crippen molar-refractivity contribution in [2.24, 2.45) is 5.73 Å². The minimum absolute atomic E-state index is 0.00170. The van der Waals surface area contributed by atoms with Crippen LogP contribution < -0.4 is 10.5 Å². The first-order chi connectivity index (χ1) is 11.7. The highest BCUT2D eigenvalue weighted by molar-refractivity contribution is 8.45. The molecule has 142 valence electrons. The molecule has 0 bridgehead atoms. The molecule has 0 amide bonds. The van der Waals surface area contributed by atoms with E-state index >= 15 is 0 Å². The van der Waals surface area contributed by atoms with E-state index in [0.29, 0.717) is 6.07 Å². The van der Waals surface area contributed by atoms with Crippen molar-refractivity contribution in [1.82, 2.24) is 0 Å². The molecule has 2 aromatic rings. The fraction of sp³-hybridized carbons (Fsp3) is 0.0667. The number of carbonyl (C=O) groups is 1. The van der Waals surface area contributed by atoms with Crippen molar-refractivity contribution in [2.75, 3.05) is 0 Å². The summed E-state index contributed by atoms with van der Waals surface area (Å²) in [5, 5.41) is 7.07. The van der Waals surface area contributed by atoms with Gasteiger partial charge < -0.3 is 10.5 Å². The Morgan fingerprint density at radius 2 is 1.62 bits per heavy atom. The third-order valence-corrected chi connectivity index (χ3v) is 4.24. The van der Waals surface area contributed by atoms with E-state index in [4.69, 9.17) is 15.9 Å². The third-order valence-electron chi connectivity index (χ3n) is 3.09. The molecular weight excluding hydrogens is 386 g/mol. The molecule has 0 aliphatic heterocycles. The molecule has 0 radical (unpaired) electrons. The van der Waals surface area contributed by atoms with E-state index in [0.717, 1.165) is 24.3 Å². The molecule has 2 rings (SSSR count). The SMILES string of the molecule is N=C(N)CC(=O)c1ccc(S(F)(F)(F)(F)F)cc1Oc1ccc(F)cc1. The number of nitrogens with two attached hydrogens (primary N) is 1. The Morgan fingerprint density at radius 1 is 1.04 bits per heavy atom. The first-order valence-electron chi connectivity index (χ1n) is 6.83. The van der Waals surface area contributed by atoms with Gasteiger partial charge in [0.2, 0.25) is 0 Å². The molecule has 0 heterocycles. The Kier molecular flexibility index (Phi) is 4.27. The number of carbonyl (C=O) groups excluding carboxylic acids is 1. The van der Waals surface area contributed by atoms with Crippen molar-refractivity contribution < 1.29 is 33.4 Å². The highest BCUT2D eigenvalue weighted by Crippen LogP contribution is 3.02. The Morgan fingerprint density at radius 3 is 2.12 bits per heavy atom. The van der Waals surface area contributed by atoms with Crippen molar-refractivity contribution in [1.29, 1.82) is 5.41 Å². The molecule has 0 spiro atoms. The van der Waals surface area contributed by atoms with Crippen molar-refractivity contribution in [3.05, 3.63) is 53.8 Å². The number of halogens is 6. The predicted octanol–water partition coefficient (Wildman–Crippen LogP) is 5.78. The Hall–Kier alpha value is -2.69. The fourth-order valence-electron chi connectivity index (χ4n) is 1.96. The molecule has 0 fully saturated rings. The standard InChI is InChI=1S/C15H12F6N2O2S/c16-9-1-3-10(4-2-9)25-14-7-11(26(17,18,19,20)21)5-6-12(14)13(24)8-15(22)23/h1-7H,8H2,(H3,22,23). The van der Waals surface area contributed by atoms with Gasteiger partial charge in [-0.15, -0.1) is 0 Å². The smallest absolute Gasteiger partial charge is 0.310 e. The maximum absolute atomic E-state index is 13.0. The number of benzene rings is 2. The molecule has 4 nitrogen and oxygen atoms in total. The average Bonchev–Trinajstić information content (AvgIpc) is 2.46. The summed E-state index contributed by atoms with van der Waals surface area (Å²) in [6.07, 6.45) is -0.643. The van der Waals surface area contributed by atoms with E-state index < -0.39 is 50.3 Å². The zero-order valence-electron chi connectivity index (χ0n) is 12.8. The van der Waals surface area contributed by atoms with Crippen LogP contribution in [-0.4, -0.2) is 11.6 Å². The number of nitrogens with one attached hydrogen (secondary N) is 1. The zero-order chi connectivity index (χ0) is 19.8. The van der Waals surface area contributed by atoms with Gasteiger partial charge in [-0.25, -0.2) is 4.39 Å². The predicted molar refractivity (Wildman–Crippen MR) is 85.2 cm³/mol. The lowest BCUT2D eigenvalue weighted by molar-refractivity contribution is 0.0997. The quantitative estimate of drug-likeness (QED) is 0.280. The van der Waals surface area contributed by atoms with Crippen molar-refractivity contribution in [3.8, 4) is 11.5 Å². The molecule has 0 atom stereocenters. The molecule has 2 aromatic carbocycles. The summed E-state index contributed by atoms with van der Waals surface area (Å²) in [7, 11) is -10.0. The summed E-state index contributed by atoms with van der Waals surface area (Å²) in [5.74, 6) is -3.12. The number of ether oxygens (including phenoxy) is 1. The average molecular weight is 398 g/mol. The molecule has 0 saturated carbocycles. The monoisotopic (exact) mass is 398 g/mol. The van der Waals surface area contributed by atoms with Crippen molar-refractivity contribution >= 4 is 21.8 Å². The lowest BCUT2D eigenvalue weighted by Gasteiger charge is -2.40. The van der Waals surface area contributed by atoms with Crippen LogP contribution in [0.2, 0.25) is 0 Å². The highest BCUT2D eigenvalue weighted by Gasteiger charge is 2.65. The normalized spacial score (nSPS) is 14.2. The topological polar surface area (TPSA) is 76.2 Å². The maximum Gasteiger partial charge on any atom is 0.310 e. The Labute approximate surface area is 143 Å². The molecule has 3 N–H and O–H groups in total. The van der Waals surface area contributed by atoms with Gasteiger partial charge in [-0.3, -0.25) is 10.2 Å². The van der Waals surface area contributed by atoms with Gasteiger partial charge in [0.1, 0.15) is 22.2 Å². The number of rotatable bonds is 6. The van der Waals surface area contributed by atoms with Crippen LogP contribution in [0, 0.1) is 11.2 Å². The summed E-state index contributed by atoms with van der Waals surface area (Å²) < 4.78 is 83.1. The fourth-order valence-corrected chi connectivity index (χ4v) is 2.61. The van der Waals surface area contributed by atoms with Crippen LogP contribution in [0.5, 0.6) is 11.5 Å². The Bertz CT molecular complexity index is 882. The summed E-state index contributed by atoms with van der Waals surface area (Å²) in [5.41, 5.74) is 4.60. The lowest BCUT2D eigenvalue weighted by atomic mass is 10.1. The molecular formula is C15H12F6N2O2S. The molecule has 0 aromatic heterocycles. The van der Waals surface area contributed by atoms with Crippen LogP contribution in [0.4, 0.5) is 23.8 Å². The van der Waals surface area contributed by atoms with Crippen LogP contribution >= 0.6 is 10.2 Å². The largest absolute Gasteiger partial charge is 0.457 e. The van der Waals surface area contributed by atoms with Crippen LogP contribution in [0.25, 0.3) is 0 Å². The number of Topliss-reactive ketones (excluding diaryl/α,β-unsaturated/α-hetero) is 1. The van der Waals surface area contributed by atoms with Gasteiger partial charge in [-0.05, 0) is 36.4 Å². The van der Waals surface area contributed by atoms with Gasteiger partial charge in [-0.2, -0.15) is 0 Å². The maximum atomic E-state index is 13.0. The van der Waals surface area contributed by atoms with Gasteiger partial charge >= 0.3 is 10.2 Å². The summed E-state index contributed by atoms with van der Waals surface area (Å²) in [4.78, 5) is 9.77. The molecule has 0 aliphatic rings. The third kappa shape index (κ3) is 4.91. The minimum Gasteiger partial charge on any atom is -0.457 e. The van der Waals surface area contributed by atoms with E-state index in [9.17, 15) is 28.6 Å². The summed E-state index contributed by atoms with van der Waals surface area (Å²) >= 11 is 0. The van der Waals surface area contributed by atoms with Gasteiger partial charge in [0.05, 0.1) is 17.8 Å². The Balaban J connectivity index is 2.57. The van der Waals surface area contributed by atoms with E-state index in [1.807, 2.05) is 0 Å². The van der Waals surface area contributed by atoms with E-state index in [2.05, 4.69) is 0 Å². The zero-order valence-corrected chi connectivity index (χ0v) is 13.6. The molecule has 0 aliphatic carbocycles. The molecule has 26 heavy (non-hydrogen) atoms. The lowest BCUT2D eigenvalue weighted by Crippen LogP contribution is -2.16.